The number of sulfonamides is 1. The van der Waals surface area contributed by atoms with Gasteiger partial charge < -0.3 is 5.32 Å². The second kappa shape index (κ2) is 7.71. The van der Waals surface area contributed by atoms with E-state index >= 15 is 0 Å². The lowest BCUT2D eigenvalue weighted by molar-refractivity contribution is -0.118. The standard InChI is InChI=1S/C12H22N4O3S3/c1-8(2)9(17)14-10-15-16-11(21-10)22(18,19)13-6-7-20-12(3,4)5/h8,13H,6-7H2,1-5H3,(H,14,15,17). The van der Waals surface area contributed by atoms with Crippen LogP contribution in [-0.2, 0) is 14.8 Å². The fraction of sp³-hybridized carbons (Fsp3) is 0.750. The monoisotopic (exact) mass is 366 g/mol. The molecule has 22 heavy (non-hydrogen) atoms. The molecule has 1 rings (SSSR count). The van der Waals surface area contributed by atoms with E-state index in [1.807, 2.05) is 0 Å². The van der Waals surface area contributed by atoms with Crippen LogP contribution in [0.3, 0.4) is 0 Å². The lowest BCUT2D eigenvalue weighted by Crippen LogP contribution is -2.27. The Balaban J connectivity index is 2.59. The van der Waals surface area contributed by atoms with Crippen LogP contribution in [0.15, 0.2) is 4.34 Å². The fourth-order valence-corrected chi connectivity index (χ4v) is 4.13. The molecule has 0 fully saturated rings. The van der Waals surface area contributed by atoms with Gasteiger partial charge >= 0.3 is 0 Å². The maximum atomic E-state index is 12.1. The van der Waals surface area contributed by atoms with Crippen molar-refractivity contribution in [3.8, 4) is 0 Å². The number of rotatable bonds is 7. The Bertz CT molecular complexity index is 605. The summed E-state index contributed by atoms with van der Waals surface area (Å²) in [5.41, 5.74) is 0. The lowest BCUT2D eigenvalue weighted by Gasteiger charge is -2.17. The molecule has 2 N–H and O–H groups in total. The molecule has 126 valence electrons. The highest BCUT2D eigenvalue weighted by molar-refractivity contribution is 8.00. The summed E-state index contributed by atoms with van der Waals surface area (Å²) in [4.78, 5) is 11.5. The number of amides is 1. The van der Waals surface area contributed by atoms with E-state index in [0.29, 0.717) is 12.3 Å². The Morgan fingerprint density at radius 1 is 1.32 bits per heavy atom. The fourth-order valence-electron chi connectivity index (χ4n) is 1.21. The third-order valence-electron chi connectivity index (χ3n) is 2.32. The van der Waals surface area contributed by atoms with Gasteiger partial charge in [-0.05, 0) is 0 Å². The Hall–Kier alpha value is -0.710. The summed E-state index contributed by atoms with van der Waals surface area (Å²) in [6.45, 7) is 10.0. The summed E-state index contributed by atoms with van der Waals surface area (Å²) in [6.07, 6.45) is 0. The lowest BCUT2D eigenvalue weighted by atomic mass is 10.2. The van der Waals surface area contributed by atoms with Crippen LogP contribution >= 0.6 is 23.1 Å². The van der Waals surface area contributed by atoms with Crippen LogP contribution in [0.4, 0.5) is 5.13 Å². The van der Waals surface area contributed by atoms with Crippen LogP contribution in [0, 0.1) is 5.92 Å². The minimum Gasteiger partial charge on any atom is -0.300 e. The van der Waals surface area contributed by atoms with Crippen LogP contribution in [0.1, 0.15) is 34.6 Å². The van der Waals surface area contributed by atoms with Crippen LogP contribution in [0.25, 0.3) is 0 Å². The van der Waals surface area contributed by atoms with Gasteiger partial charge in [-0.15, -0.1) is 10.2 Å². The Kier molecular flexibility index (Phi) is 6.78. The van der Waals surface area contributed by atoms with E-state index in [4.69, 9.17) is 0 Å². The van der Waals surface area contributed by atoms with Gasteiger partial charge in [0, 0.05) is 23.0 Å². The molecule has 0 atom stereocenters. The minimum absolute atomic E-state index is 0.0858. The molecule has 0 aliphatic rings. The second-order valence-corrected chi connectivity index (χ2v) is 10.7. The van der Waals surface area contributed by atoms with Crippen LogP contribution < -0.4 is 10.0 Å². The highest BCUT2D eigenvalue weighted by Gasteiger charge is 2.21. The average Bonchev–Trinajstić information content (AvgIpc) is 2.83. The summed E-state index contributed by atoms with van der Waals surface area (Å²) in [6, 6.07) is 0. The maximum Gasteiger partial charge on any atom is 0.269 e. The Labute approximate surface area is 139 Å². The van der Waals surface area contributed by atoms with Crippen molar-refractivity contribution in [2.75, 3.05) is 17.6 Å². The molecule has 0 unspecified atom stereocenters. The first-order valence-corrected chi connectivity index (χ1v) is 10.1. The number of carbonyl (C=O) groups excluding carboxylic acids is 1. The Morgan fingerprint density at radius 3 is 2.50 bits per heavy atom. The molecule has 0 aromatic carbocycles. The number of hydrogen-bond donors (Lipinski definition) is 2. The normalized spacial score (nSPS) is 12.6. The van der Waals surface area contributed by atoms with Gasteiger partial charge in [-0.1, -0.05) is 46.0 Å². The summed E-state index contributed by atoms with van der Waals surface area (Å²) >= 11 is 2.51. The van der Waals surface area contributed by atoms with E-state index in [9.17, 15) is 13.2 Å². The Morgan fingerprint density at radius 2 is 1.95 bits per heavy atom. The first-order chi connectivity index (χ1) is 10.0. The van der Waals surface area contributed by atoms with E-state index in [1.165, 1.54) is 0 Å². The smallest absolute Gasteiger partial charge is 0.269 e. The van der Waals surface area contributed by atoms with Crippen molar-refractivity contribution in [1.82, 2.24) is 14.9 Å². The first kappa shape index (κ1) is 19.3. The molecule has 0 saturated heterocycles. The second-order valence-electron chi connectivity index (χ2n) is 5.88. The van der Waals surface area contributed by atoms with Gasteiger partial charge in [0.25, 0.3) is 10.0 Å². The third kappa shape index (κ3) is 6.59. The third-order valence-corrected chi connectivity index (χ3v) is 6.26. The number of anilines is 1. The zero-order valence-corrected chi connectivity index (χ0v) is 15.8. The molecule has 1 amide bonds. The van der Waals surface area contributed by atoms with Crippen molar-refractivity contribution in [1.29, 1.82) is 0 Å². The van der Waals surface area contributed by atoms with Crippen molar-refractivity contribution in [3.05, 3.63) is 0 Å². The van der Waals surface area contributed by atoms with Gasteiger partial charge in [0.05, 0.1) is 0 Å². The van der Waals surface area contributed by atoms with Gasteiger partial charge in [0.1, 0.15) is 0 Å². The zero-order valence-electron chi connectivity index (χ0n) is 13.3. The molecule has 0 aliphatic heterocycles. The van der Waals surface area contributed by atoms with Gasteiger partial charge in [-0.3, -0.25) is 4.79 Å². The molecule has 1 heterocycles. The first-order valence-electron chi connectivity index (χ1n) is 6.79. The molecule has 7 nitrogen and oxygen atoms in total. The molecule has 1 aromatic heterocycles. The number of hydrogen-bond acceptors (Lipinski definition) is 7. The van der Waals surface area contributed by atoms with E-state index in [0.717, 1.165) is 11.3 Å². The predicted molar refractivity (Wildman–Crippen MR) is 90.8 cm³/mol. The van der Waals surface area contributed by atoms with Crippen molar-refractivity contribution in [3.63, 3.8) is 0 Å². The van der Waals surface area contributed by atoms with E-state index in [-0.39, 0.29) is 26.0 Å². The molecular formula is C12H22N4O3S3. The minimum atomic E-state index is -3.68. The predicted octanol–water partition coefficient (Wildman–Crippen LogP) is 1.94. The van der Waals surface area contributed by atoms with Gasteiger partial charge in [-0.2, -0.15) is 11.8 Å². The molecule has 0 saturated carbocycles. The van der Waals surface area contributed by atoms with E-state index < -0.39 is 10.0 Å². The number of aromatic nitrogens is 2. The largest absolute Gasteiger partial charge is 0.300 e. The van der Waals surface area contributed by atoms with E-state index in [2.05, 4.69) is 41.0 Å². The zero-order chi connectivity index (χ0) is 17.0. The van der Waals surface area contributed by atoms with Crippen molar-refractivity contribution < 1.29 is 13.2 Å². The van der Waals surface area contributed by atoms with Crippen LogP contribution in [-0.4, -0.2) is 41.6 Å². The van der Waals surface area contributed by atoms with Gasteiger partial charge in [-0.25, -0.2) is 13.1 Å². The SMILES string of the molecule is CC(C)C(=O)Nc1nnc(S(=O)(=O)NCCSC(C)(C)C)s1. The van der Waals surface area contributed by atoms with Gasteiger partial charge in [0.15, 0.2) is 0 Å². The quantitative estimate of drug-likeness (QED) is 0.565. The molecule has 0 aliphatic carbocycles. The van der Waals surface area contributed by atoms with E-state index in [1.54, 1.807) is 25.6 Å². The van der Waals surface area contributed by atoms with Crippen molar-refractivity contribution in [2.24, 2.45) is 5.92 Å². The van der Waals surface area contributed by atoms with Crippen molar-refractivity contribution >= 4 is 44.2 Å². The van der Waals surface area contributed by atoms with Crippen molar-refractivity contribution in [2.45, 2.75) is 43.7 Å². The molecule has 0 radical (unpaired) electrons. The highest BCUT2D eigenvalue weighted by Crippen LogP contribution is 2.23. The summed E-state index contributed by atoms with van der Waals surface area (Å²) in [5, 5.41) is 10.0. The number of nitrogens with one attached hydrogen (secondary N) is 2. The number of thioether (sulfide) groups is 1. The average molecular weight is 367 g/mol. The molecule has 0 bridgehead atoms. The topological polar surface area (TPSA) is 101 Å². The summed E-state index contributed by atoms with van der Waals surface area (Å²) in [7, 11) is -3.68. The highest BCUT2D eigenvalue weighted by atomic mass is 32.2. The molecule has 0 spiro atoms. The number of nitrogens with zero attached hydrogens (tertiary/aromatic N) is 2. The maximum absolute atomic E-state index is 12.1. The molecule has 1 aromatic rings. The summed E-state index contributed by atoms with van der Waals surface area (Å²) < 4.78 is 26.6. The van der Waals surface area contributed by atoms with Crippen LogP contribution in [0.5, 0.6) is 0 Å². The summed E-state index contributed by atoms with van der Waals surface area (Å²) in [5.74, 6) is 0.226. The van der Waals surface area contributed by atoms with Crippen LogP contribution in [0.2, 0.25) is 0 Å². The van der Waals surface area contributed by atoms with Gasteiger partial charge in [0.2, 0.25) is 15.4 Å². The molecular weight excluding hydrogens is 344 g/mol. The number of carbonyl (C=O) groups is 1. The molecule has 10 heteroatoms.